The minimum absolute atomic E-state index is 0.0255. The zero-order valence-corrected chi connectivity index (χ0v) is 19.5. The third kappa shape index (κ3) is 6.94. The van der Waals surface area contributed by atoms with E-state index in [0.717, 1.165) is 32.1 Å². The summed E-state index contributed by atoms with van der Waals surface area (Å²) < 4.78 is 14.0. The van der Waals surface area contributed by atoms with Crippen molar-refractivity contribution in [2.24, 2.45) is 22.7 Å². The van der Waals surface area contributed by atoms with Gasteiger partial charge in [-0.1, -0.05) is 13.8 Å². The van der Waals surface area contributed by atoms with Crippen LogP contribution in [0.3, 0.4) is 0 Å². The van der Waals surface area contributed by atoms with Crippen molar-refractivity contribution in [2.45, 2.75) is 94.3 Å². The normalized spacial score (nSPS) is 37.9. The van der Waals surface area contributed by atoms with Gasteiger partial charge in [0.15, 0.2) is 5.96 Å². The lowest BCUT2D eigenvalue weighted by molar-refractivity contribution is -0.125. The molecule has 3 aliphatic rings. The molecule has 0 radical (unpaired) electrons. The van der Waals surface area contributed by atoms with Crippen LogP contribution < -0.4 is 21.5 Å². The van der Waals surface area contributed by atoms with Crippen LogP contribution in [-0.2, 0) is 4.79 Å². The van der Waals surface area contributed by atoms with E-state index < -0.39 is 11.5 Å². The van der Waals surface area contributed by atoms with Crippen molar-refractivity contribution < 1.29 is 9.18 Å². The highest BCUT2D eigenvalue weighted by atomic mass is 35.5. The molecule has 1 amide bonds. The number of carbonyl (C=O) groups excluding carboxylic acids is 1. The van der Waals surface area contributed by atoms with Crippen LogP contribution in [0.25, 0.3) is 0 Å². The standard InChI is InChI=1S/C21H36Cl2FN5O/c1-12(2)11-25-21(27-20(30)14-5-8-16(23)17(24)9-14)26-19-10-18(28-29-19)13-3-6-15(22)7-4-13/h12-19,28-29H,3-11H2,1-2H3,(H2,25,26,27,30). The van der Waals surface area contributed by atoms with Crippen molar-refractivity contribution >= 4 is 35.1 Å². The highest BCUT2D eigenvalue weighted by Gasteiger charge is 2.35. The number of carbonyl (C=O) groups is 1. The van der Waals surface area contributed by atoms with Crippen LogP contribution in [0.5, 0.6) is 0 Å². The Morgan fingerprint density at radius 1 is 1.10 bits per heavy atom. The molecule has 30 heavy (non-hydrogen) atoms. The van der Waals surface area contributed by atoms with E-state index in [1.807, 2.05) is 0 Å². The SMILES string of the molecule is CC(C)CN=C(NC(=O)C1CCC(Cl)C(F)C1)NC1CC(C2CCC(Cl)CC2)NN1. The summed E-state index contributed by atoms with van der Waals surface area (Å²) in [5, 5.41) is 6.07. The molecule has 0 bridgehead atoms. The molecule has 0 aromatic heterocycles. The fourth-order valence-corrected chi connectivity index (χ4v) is 5.04. The monoisotopic (exact) mass is 463 g/mol. The second kappa shape index (κ2) is 11.3. The lowest BCUT2D eigenvalue weighted by atomic mass is 9.83. The highest BCUT2D eigenvalue weighted by Crippen LogP contribution is 2.32. The number of hydrazine groups is 1. The van der Waals surface area contributed by atoms with Crippen molar-refractivity contribution in [1.82, 2.24) is 21.5 Å². The molecule has 2 aliphatic carbocycles. The van der Waals surface area contributed by atoms with Gasteiger partial charge in [-0.05, 0) is 63.2 Å². The molecule has 2 saturated carbocycles. The molecule has 3 fully saturated rings. The molecule has 3 rings (SSSR count). The molecular weight excluding hydrogens is 428 g/mol. The van der Waals surface area contributed by atoms with Gasteiger partial charge in [0.1, 0.15) is 6.17 Å². The maximum Gasteiger partial charge on any atom is 0.229 e. The number of nitrogens with zero attached hydrogens (tertiary/aromatic N) is 1. The Bertz CT molecular complexity index is 600. The van der Waals surface area contributed by atoms with Crippen molar-refractivity contribution in [3.05, 3.63) is 0 Å². The number of hydrogen-bond acceptors (Lipinski definition) is 4. The van der Waals surface area contributed by atoms with Gasteiger partial charge in [0.2, 0.25) is 5.91 Å². The second-order valence-electron chi connectivity index (χ2n) is 9.45. The van der Waals surface area contributed by atoms with Gasteiger partial charge in [0, 0.05) is 23.9 Å². The maximum atomic E-state index is 14.0. The van der Waals surface area contributed by atoms with Crippen molar-refractivity contribution in [2.75, 3.05) is 6.54 Å². The predicted molar refractivity (Wildman–Crippen MR) is 120 cm³/mol. The minimum atomic E-state index is -1.13. The average molecular weight is 464 g/mol. The molecule has 5 unspecified atom stereocenters. The Balaban J connectivity index is 1.54. The molecule has 1 saturated heterocycles. The molecule has 172 valence electrons. The quantitative estimate of drug-likeness (QED) is 0.286. The first-order chi connectivity index (χ1) is 14.3. The summed E-state index contributed by atoms with van der Waals surface area (Å²) in [4.78, 5) is 17.3. The summed E-state index contributed by atoms with van der Waals surface area (Å²) in [6.07, 6.45) is 5.45. The Hall–Kier alpha value is -0.630. The van der Waals surface area contributed by atoms with Gasteiger partial charge in [-0.3, -0.25) is 20.5 Å². The second-order valence-corrected chi connectivity index (χ2v) is 10.6. The van der Waals surface area contributed by atoms with Crippen LogP contribution in [0.15, 0.2) is 4.99 Å². The van der Waals surface area contributed by atoms with Crippen LogP contribution in [0.4, 0.5) is 4.39 Å². The van der Waals surface area contributed by atoms with E-state index >= 15 is 0 Å². The number of guanidine groups is 1. The van der Waals surface area contributed by atoms with E-state index in [1.165, 1.54) is 0 Å². The van der Waals surface area contributed by atoms with E-state index in [2.05, 4.69) is 40.3 Å². The molecule has 4 N–H and O–H groups in total. The van der Waals surface area contributed by atoms with Crippen molar-refractivity contribution in [3.8, 4) is 0 Å². The van der Waals surface area contributed by atoms with Gasteiger partial charge in [-0.25, -0.2) is 9.82 Å². The highest BCUT2D eigenvalue weighted by molar-refractivity contribution is 6.21. The average Bonchev–Trinajstić information content (AvgIpc) is 3.17. The molecule has 0 aromatic rings. The Kier molecular flexibility index (Phi) is 9.05. The minimum Gasteiger partial charge on any atom is -0.339 e. The Morgan fingerprint density at radius 2 is 1.83 bits per heavy atom. The Morgan fingerprint density at radius 3 is 2.50 bits per heavy atom. The molecule has 1 aliphatic heterocycles. The summed E-state index contributed by atoms with van der Waals surface area (Å²) in [6, 6.07) is 0.375. The van der Waals surface area contributed by atoms with E-state index in [9.17, 15) is 9.18 Å². The summed E-state index contributed by atoms with van der Waals surface area (Å²) in [7, 11) is 0. The first-order valence-electron chi connectivity index (χ1n) is 11.4. The number of amides is 1. The lowest BCUT2D eigenvalue weighted by Crippen LogP contribution is -2.52. The number of rotatable bonds is 5. The van der Waals surface area contributed by atoms with Crippen LogP contribution in [0.2, 0.25) is 0 Å². The van der Waals surface area contributed by atoms with Crippen LogP contribution in [-0.4, -0.2) is 47.5 Å². The fraction of sp³-hybridized carbons (Fsp3) is 0.905. The molecule has 5 atom stereocenters. The first kappa shape index (κ1) is 24.0. The zero-order valence-electron chi connectivity index (χ0n) is 18.0. The number of halogens is 3. The van der Waals surface area contributed by atoms with E-state index in [-0.39, 0.29) is 24.4 Å². The number of alkyl halides is 3. The molecule has 0 aromatic carbocycles. The summed E-state index contributed by atoms with van der Waals surface area (Å²) in [5.74, 6) is 0.890. The molecule has 9 heteroatoms. The topological polar surface area (TPSA) is 77.5 Å². The van der Waals surface area contributed by atoms with Gasteiger partial charge < -0.3 is 5.32 Å². The van der Waals surface area contributed by atoms with Crippen LogP contribution >= 0.6 is 23.2 Å². The lowest BCUT2D eigenvalue weighted by Gasteiger charge is -2.29. The number of nitrogens with one attached hydrogen (secondary N) is 4. The first-order valence-corrected chi connectivity index (χ1v) is 12.2. The van der Waals surface area contributed by atoms with Crippen LogP contribution in [0, 0.1) is 17.8 Å². The smallest absolute Gasteiger partial charge is 0.229 e. The van der Waals surface area contributed by atoms with Gasteiger partial charge in [0.25, 0.3) is 0 Å². The predicted octanol–water partition coefficient (Wildman–Crippen LogP) is 3.44. The van der Waals surface area contributed by atoms with Gasteiger partial charge in [-0.15, -0.1) is 23.2 Å². The largest absolute Gasteiger partial charge is 0.339 e. The maximum absolute atomic E-state index is 14.0. The van der Waals surface area contributed by atoms with Crippen molar-refractivity contribution in [3.63, 3.8) is 0 Å². The molecule has 1 heterocycles. The fourth-order valence-electron chi connectivity index (χ4n) is 4.56. The van der Waals surface area contributed by atoms with E-state index in [4.69, 9.17) is 23.2 Å². The van der Waals surface area contributed by atoms with E-state index in [0.29, 0.717) is 48.6 Å². The van der Waals surface area contributed by atoms with Crippen LogP contribution in [0.1, 0.15) is 65.2 Å². The number of hydrogen-bond donors (Lipinski definition) is 4. The molecule has 6 nitrogen and oxygen atoms in total. The molecule has 0 spiro atoms. The van der Waals surface area contributed by atoms with E-state index in [1.54, 1.807) is 0 Å². The third-order valence-electron chi connectivity index (χ3n) is 6.43. The summed E-state index contributed by atoms with van der Waals surface area (Å²) >= 11 is 12.2. The number of aliphatic imine (C=N–C) groups is 1. The summed E-state index contributed by atoms with van der Waals surface area (Å²) in [6.45, 7) is 4.76. The van der Waals surface area contributed by atoms with Gasteiger partial charge in [-0.2, -0.15) is 0 Å². The molecular formula is C21H36Cl2FN5O. The summed E-state index contributed by atoms with van der Waals surface area (Å²) in [5.41, 5.74) is 6.70. The van der Waals surface area contributed by atoms with Gasteiger partial charge in [0.05, 0.1) is 11.5 Å². The third-order valence-corrected chi connectivity index (χ3v) is 7.36. The zero-order chi connectivity index (χ0) is 21.7. The van der Waals surface area contributed by atoms with Crippen molar-refractivity contribution in [1.29, 1.82) is 0 Å². The van der Waals surface area contributed by atoms with Gasteiger partial charge >= 0.3 is 0 Å². The Labute approximate surface area is 189 Å².